The lowest BCUT2D eigenvalue weighted by molar-refractivity contribution is 0.0950. The van der Waals surface area contributed by atoms with Crippen LogP contribution in [-0.4, -0.2) is 15.5 Å². The molecule has 2 heterocycles. The van der Waals surface area contributed by atoms with Crippen LogP contribution in [0.2, 0.25) is 0 Å². The molecule has 0 bridgehead atoms. The van der Waals surface area contributed by atoms with E-state index in [0.717, 1.165) is 22.6 Å². The highest BCUT2D eigenvalue weighted by Crippen LogP contribution is 2.13. The molecule has 2 N–H and O–H groups in total. The molecule has 0 aliphatic rings. The number of aromatic nitrogens is 2. The minimum atomic E-state index is -0.157. The van der Waals surface area contributed by atoms with Crippen LogP contribution in [0.4, 0.5) is 0 Å². The van der Waals surface area contributed by atoms with Crippen molar-refractivity contribution in [3.05, 3.63) is 56.3 Å². The Morgan fingerprint density at radius 2 is 1.90 bits per heavy atom. The minimum Gasteiger partial charge on any atom is -0.351 e. The van der Waals surface area contributed by atoms with Gasteiger partial charge in [-0.15, -0.1) is 0 Å². The Morgan fingerprint density at radius 1 is 1.24 bits per heavy atom. The molecule has 21 heavy (non-hydrogen) atoms. The van der Waals surface area contributed by atoms with Crippen LogP contribution in [-0.2, 0) is 13.6 Å². The van der Waals surface area contributed by atoms with Gasteiger partial charge in [0.05, 0.1) is 5.56 Å². The van der Waals surface area contributed by atoms with E-state index in [1.54, 1.807) is 0 Å². The largest absolute Gasteiger partial charge is 0.351 e. The standard InChI is InChI=1S/C16H21N3O2/c1-9-6-10(2)18-16(21)14(9)8-17-15(20)13-7-11(3)19(5)12(13)4/h6-7H,8H2,1-5H3,(H,17,20)(H,18,21). The number of nitrogens with zero attached hydrogens (tertiary/aromatic N) is 1. The van der Waals surface area contributed by atoms with E-state index >= 15 is 0 Å². The van der Waals surface area contributed by atoms with E-state index in [2.05, 4.69) is 10.3 Å². The molecule has 0 aliphatic carbocycles. The zero-order valence-corrected chi connectivity index (χ0v) is 13.1. The molecule has 0 saturated heterocycles. The monoisotopic (exact) mass is 287 g/mol. The molecule has 0 fully saturated rings. The number of carbonyl (C=O) groups excluding carboxylic acids is 1. The van der Waals surface area contributed by atoms with Crippen molar-refractivity contribution in [2.45, 2.75) is 34.2 Å². The topological polar surface area (TPSA) is 66.9 Å². The van der Waals surface area contributed by atoms with Gasteiger partial charge in [-0.05, 0) is 45.4 Å². The fraction of sp³-hybridized carbons (Fsp3) is 0.375. The fourth-order valence-corrected chi connectivity index (χ4v) is 2.45. The van der Waals surface area contributed by atoms with Gasteiger partial charge in [0.2, 0.25) is 0 Å². The summed E-state index contributed by atoms with van der Waals surface area (Å²) in [4.78, 5) is 26.9. The Bertz CT molecular complexity index is 754. The van der Waals surface area contributed by atoms with Crippen LogP contribution >= 0.6 is 0 Å². The summed E-state index contributed by atoms with van der Waals surface area (Å²) in [6.07, 6.45) is 0. The van der Waals surface area contributed by atoms with Gasteiger partial charge in [0.15, 0.2) is 0 Å². The summed E-state index contributed by atoms with van der Waals surface area (Å²) in [5.74, 6) is -0.157. The van der Waals surface area contributed by atoms with Crippen molar-refractivity contribution in [1.29, 1.82) is 0 Å². The predicted molar refractivity (Wildman–Crippen MR) is 82.6 cm³/mol. The number of aromatic amines is 1. The number of hydrogen-bond donors (Lipinski definition) is 2. The van der Waals surface area contributed by atoms with E-state index < -0.39 is 0 Å². The molecule has 0 saturated carbocycles. The number of aryl methyl sites for hydroxylation is 3. The maximum absolute atomic E-state index is 12.3. The van der Waals surface area contributed by atoms with Crippen LogP contribution in [0.15, 0.2) is 16.9 Å². The van der Waals surface area contributed by atoms with Crippen LogP contribution in [0.3, 0.4) is 0 Å². The first-order valence-corrected chi connectivity index (χ1v) is 6.91. The average Bonchev–Trinajstić information content (AvgIpc) is 2.65. The van der Waals surface area contributed by atoms with Crippen LogP contribution in [0, 0.1) is 27.7 Å². The van der Waals surface area contributed by atoms with Gasteiger partial charge in [-0.3, -0.25) is 9.59 Å². The lowest BCUT2D eigenvalue weighted by atomic mass is 10.1. The summed E-state index contributed by atoms with van der Waals surface area (Å²) in [5.41, 5.74) is 4.75. The number of hydrogen-bond acceptors (Lipinski definition) is 2. The molecule has 2 aromatic heterocycles. The molecule has 0 aliphatic heterocycles. The second-order valence-corrected chi connectivity index (χ2v) is 5.47. The third kappa shape index (κ3) is 2.91. The number of amides is 1. The van der Waals surface area contributed by atoms with E-state index in [9.17, 15) is 9.59 Å². The highest BCUT2D eigenvalue weighted by atomic mass is 16.1. The molecule has 0 spiro atoms. The van der Waals surface area contributed by atoms with Gasteiger partial charge in [-0.25, -0.2) is 0 Å². The van der Waals surface area contributed by atoms with Crippen molar-refractivity contribution < 1.29 is 4.79 Å². The smallest absolute Gasteiger partial charge is 0.253 e. The second-order valence-electron chi connectivity index (χ2n) is 5.47. The third-order valence-electron chi connectivity index (χ3n) is 3.94. The van der Waals surface area contributed by atoms with Gasteiger partial charge >= 0.3 is 0 Å². The van der Waals surface area contributed by atoms with Crippen molar-refractivity contribution >= 4 is 5.91 Å². The van der Waals surface area contributed by atoms with Crippen molar-refractivity contribution in [3.63, 3.8) is 0 Å². The number of nitrogens with one attached hydrogen (secondary N) is 2. The highest BCUT2D eigenvalue weighted by Gasteiger charge is 2.14. The molecule has 1 amide bonds. The summed E-state index contributed by atoms with van der Waals surface area (Å²) < 4.78 is 1.97. The number of pyridine rings is 1. The van der Waals surface area contributed by atoms with Gasteiger partial charge < -0.3 is 14.9 Å². The zero-order chi connectivity index (χ0) is 15.7. The van der Waals surface area contributed by atoms with E-state index in [4.69, 9.17) is 0 Å². The lowest BCUT2D eigenvalue weighted by Gasteiger charge is -2.08. The van der Waals surface area contributed by atoms with Crippen LogP contribution in [0.1, 0.15) is 38.6 Å². The summed E-state index contributed by atoms with van der Waals surface area (Å²) >= 11 is 0. The van der Waals surface area contributed by atoms with Gasteiger partial charge in [0.25, 0.3) is 11.5 Å². The minimum absolute atomic E-state index is 0.145. The SMILES string of the molecule is Cc1cc(C)c(CNC(=O)c2cc(C)n(C)c2C)c(=O)[nH]1. The molecule has 0 aromatic carbocycles. The van der Waals surface area contributed by atoms with E-state index in [1.807, 2.05) is 51.4 Å². The molecule has 5 heteroatoms. The van der Waals surface area contributed by atoms with Crippen molar-refractivity contribution in [2.24, 2.45) is 7.05 Å². The van der Waals surface area contributed by atoms with Crippen molar-refractivity contribution in [2.75, 3.05) is 0 Å². The van der Waals surface area contributed by atoms with Gasteiger partial charge in [0.1, 0.15) is 0 Å². The van der Waals surface area contributed by atoms with Gasteiger partial charge in [0, 0.05) is 36.2 Å². The first kappa shape index (κ1) is 15.1. The molecule has 2 aromatic rings. The van der Waals surface area contributed by atoms with Crippen molar-refractivity contribution in [1.82, 2.24) is 14.9 Å². The Kier molecular flexibility index (Phi) is 4.02. The third-order valence-corrected chi connectivity index (χ3v) is 3.94. The number of rotatable bonds is 3. The highest BCUT2D eigenvalue weighted by molar-refractivity contribution is 5.95. The van der Waals surface area contributed by atoms with E-state index in [-0.39, 0.29) is 18.0 Å². The Balaban J connectivity index is 2.19. The Morgan fingerprint density at radius 3 is 2.43 bits per heavy atom. The summed E-state index contributed by atoms with van der Waals surface area (Å²) in [6.45, 7) is 7.81. The Hall–Kier alpha value is -2.30. The summed E-state index contributed by atoms with van der Waals surface area (Å²) in [5, 5.41) is 2.83. The fourth-order valence-electron chi connectivity index (χ4n) is 2.45. The molecule has 0 atom stereocenters. The van der Waals surface area contributed by atoms with Crippen LogP contribution in [0.25, 0.3) is 0 Å². The molecule has 0 unspecified atom stereocenters. The average molecular weight is 287 g/mol. The van der Waals surface area contributed by atoms with Gasteiger partial charge in [-0.1, -0.05) is 0 Å². The normalized spacial score (nSPS) is 10.7. The zero-order valence-electron chi connectivity index (χ0n) is 13.1. The Labute approximate surface area is 124 Å². The second kappa shape index (κ2) is 5.60. The molecule has 2 rings (SSSR count). The molecule has 0 radical (unpaired) electrons. The molecule has 5 nitrogen and oxygen atoms in total. The van der Waals surface area contributed by atoms with Crippen LogP contribution in [0.5, 0.6) is 0 Å². The lowest BCUT2D eigenvalue weighted by Crippen LogP contribution is -2.28. The van der Waals surface area contributed by atoms with Crippen molar-refractivity contribution in [3.8, 4) is 0 Å². The maximum atomic E-state index is 12.3. The number of H-pyrrole nitrogens is 1. The number of carbonyl (C=O) groups is 1. The van der Waals surface area contributed by atoms with Gasteiger partial charge in [-0.2, -0.15) is 0 Å². The quantitative estimate of drug-likeness (QED) is 0.905. The van der Waals surface area contributed by atoms with E-state index in [1.165, 1.54) is 0 Å². The van der Waals surface area contributed by atoms with Crippen LogP contribution < -0.4 is 10.9 Å². The van der Waals surface area contributed by atoms with E-state index in [0.29, 0.717) is 11.1 Å². The molecule has 112 valence electrons. The predicted octanol–water partition coefficient (Wildman–Crippen LogP) is 1.88. The first-order chi connectivity index (χ1) is 9.81. The molecular formula is C16H21N3O2. The summed E-state index contributed by atoms with van der Waals surface area (Å²) in [6, 6.07) is 3.76. The first-order valence-electron chi connectivity index (χ1n) is 6.91. The summed E-state index contributed by atoms with van der Waals surface area (Å²) in [7, 11) is 1.93. The maximum Gasteiger partial charge on any atom is 0.253 e. The molecular weight excluding hydrogens is 266 g/mol.